The molecule has 3 rings (SSSR count). The molecule has 1 aromatic heterocycles. The zero-order chi connectivity index (χ0) is 24.2. The molecular weight excluding hydrogens is 437 g/mol. The molecule has 9 heteroatoms. The molecule has 0 unspecified atom stereocenters. The Morgan fingerprint density at radius 3 is 2.33 bits per heavy atom. The Morgan fingerprint density at radius 2 is 1.73 bits per heavy atom. The van der Waals surface area contributed by atoms with Crippen LogP contribution in [0.1, 0.15) is 41.4 Å². The lowest BCUT2D eigenvalue weighted by Gasteiger charge is -2.11. The number of ether oxygens (including phenoxy) is 2. The molecule has 0 aliphatic rings. The fourth-order valence-corrected chi connectivity index (χ4v) is 3.63. The first kappa shape index (κ1) is 24.2. The number of fused-ring (bicyclic) bond motifs is 1. The summed E-state index contributed by atoms with van der Waals surface area (Å²) in [5, 5.41) is 3.57. The molecule has 6 nitrogen and oxygen atoms in total. The second kappa shape index (κ2) is 9.97. The van der Waals surface area contributed by atoms with Gasteiger partial charge >= 0.3 is 6.36 Å². The molecule has 3 aromatic rings. The number of methoxy groups -OCH3 is 1. The van der Waals surface area contributed by atoms with Gasteiger partial charge in [-0.2, -0.15) is 0 Å². The first-order valence-corrected chi connectivity index (χ1v) is 10.5. The van der Waals surface area contributed by atoms with Gasteiger partial charge in [-0.25, -0.2) is 0 Å². The molecule has 0 atom stereocenters. The van der Waals surface area contributed by atoms with Gasteiger partial charge in [-0.3, -0.25) is 14.2 Å². The minimum absolute atomic E-state index is 0.0812. The van der Waals surface area contributed by atoms with Crippen LogP contribution in [-0.4, -0.2) is 36.4 Å². The van der Waals surface area contributed by atoms with Crippen LogP contribution in [0, 0.1) is 6.92 Å². The molecule has 2 aromatic carbocycles. The van der Waals surface area contributed by atoms with Gasteiger partial charge in [0.15, 0.2) is 0 Å². The number of nitrogens with zero attached hydrogens (tertiary/aromatic N) is 1. The summed E-state index contributed by atoms with van der Waals surface area (Å²) in [5.41, 5.74) is 2.01. The molecule has 0 radical (unpaired) electrons. The van der Waals surface area contributed by atoms with Crippen molar-refractivity contribution in [3.8, 4) is 11.5 Å². The molecule has 0 aliphatic carbocycles. The van der Waals surface area contributed by atoms with E-state index in [0.717, 1.165) is 25.0 Å². The van der Waals surface area contributed by atoms with Crippen molar-refractivity contribution in [2.45, 2.75) is 39.5 Å². The van der Waals surface area contributed by atoms with E-state index in [1.807, 2.05) is 6.92 Å². The minimum atomic E-state index is -4.82. The van der Waals surface area contributed by atoms with E-state index in [1.54, 1.807) is 25.1 Å². The summed E-state index contributed by atoms with van der Waals surface area (Å²) in [6, 6.07) is 9.92. The summed E-state index contributed by atoms with van der Waals surface area (Å²) in [6.45, 7) is 4.34. The summed E-state index contributed by atoms with van der Waals surface area (Å²) in [7, 11) is 1.53. The molecule has 0 aliphatic heterocycles. The van der Waals surface area contributed by atoms with Gasteiger partial charge in [-0.1, -0.05) is 13.3 Å². The van der Waals surface area contributed by atoms with Gasteiger partial charge in [0.05, 0.1) is 19.0 Å². The lowest BCUT2D eigenvalue weighted by Crippen LogP contribution is -2.26. The smallest absolute Gasteiger partial charge is 0.497 e. The number of carbonyl (C=O) groups excluding carboxylic acids is 2. The fraction of sp³-hybridized carbons (Fsp3) is 0.333. The molecule has 0 saturated heterocycles. The molecule has 0 spiro atoms. The van der Waals surface area contributed by atoms with Crippen molar-refractivity contribution in [1.82, 2.24) is 9.88 Å². The van der Waals surface area contributed by atoms with Crippen molar-refractivity contribution in [2.24, 2.45) is 0 Å². The highest BCUT2D eigenvalue weighted by molar-refractivity contribution is 6.05. The van der Waals surface area contributed by atoms with Gasteiger partial charge in [0.25, 0.3) is 5.91 Å². The normalized spacial score (nSPS) is 11.5. The number of amides is 1. The Morgan fingerprint density at radius 1 is 1.06 bits per heavy atom. The topological polar surface area (TPSA) is 69.6 Å². The Labute approximate surface area is 189 Å². The monoisotopic (exact) mass is 462 g/mol. The second-order valence-corrected chi connectivity index (χ2v) is 7.54. The van der Waals surface area contributed by atoms with Gasteiger partial charge in [0, 0.05) is 23.2 Å². The molecule has 0 bridgehead atoms. The average Bonchev–Trinajstić information content (AvgIpc) is 3.03. The van der Waals surface area contributed by atoms with Crippen molar-refractivity contribution < 1.29 is 32.2 Å². The quantitative estimate of drug-likeness (QED) is 0.478. The van der Waals surface area contributed by atoms with Gasteiger partial charge in [-0.15, -0.1) is 13.2 Å². The number of halogens is 3. The van der Waals surface area contributed by atoms with Crippen LogP contribution in [0.3, 0.4) is 0 Å². The van der Waals surface area contributed by atoms with E-state index in [4.69, 9.17) is 4.74 Å². The van der Waals surface area contributed by atoms with Crippen molar-refractivity contribution >= 4 is 22.7 Å². The Bertz CT molecular complexity index is 1150. The molecule has 33 heavy (non-hydrogen) atoms. The van der Waals surface area contributed by atoms with Crippen LogP contribution < -0.4 is 14.8 Å². The van der Waals surface area contributed by atoms with E-state index >= 15 is 0 Å². The molecule has 176 valence electrons. The molecular formula is C24H25F3N2O4. The van der Waals surface area contributed by atoms with Gasteiger partial charge < -0.3 is 14.8 Å². The fourth-order valence-electron chi connectivity index (χ4n) is 3.63. The summed E-state index contributed by atoms with van der Waals surface area (Å²) in [5.74, 6) is -0.427. The van der Waals surface area contributed by atoms with E-state index in [2.05, 4.69) is 10.1 Å². The van der Waals surface area contributed by atoms with Crippen LogP contribution in [0.25, 0.3) is 10.9 Å². The van der Waals surface area contributed by atoms with Gasteiger partial charge in [0.2, 0.25) is 5.91 Å². The highest BCUT2D eigenvalue weighted by Gasteiger charge is 2.31. The SMILES string of the molecule is CCCCNC(=O)Cc1c(C)n(C(=O)c2ccc(OC(F)(F)F)cc2)c2ccc(OC)cc12. The highest BCUT2D eigenvalue weighted by Crippen LogP contribution is 2.31. The third-order valence-corrected chi connectivity index (χ3v) is 5.27. The second-order valence-electron chi connectivity index (χ2n) is 7.54. The van der Waals surface area contributed by atoms with Crippen molar-refractivity contribution in [3.05, 3.63) is 59.3 Å². The summed E-state index contributed by atoms with van der Waals surface area (Å²) < 4.78 is 47.9. The molecule has 0 fully saturated rings. The number of hydrogen-bond acceptors (Lipinski definition) is 4. The highest BCUT2D eigenvalue weighted by atomic mass is 19.4. The van der Waals surface area contributed by atoms with Crippen molar-refractivity contribution in [2.75, 3.05) is 13.7 Å². The van der Waals surface area contributed by atoms with E-state index in [1.165, 1.54) is 23.8 Å². The van der Waals surface area contributed by atoms with E-state index in [-0.39, 0.29) is 17.9 Å². The summed E-state index contributed by atoms with van der Waals surface area (Å²) in [4.78, 5) is 25.8. The maximum atomic E-state index is 13.3. The Kier molecular flexibility index (Phi) is 7.30. The third kappa shape index (κ3) is 5.66. The minimum Gasteiger partial charge on any atom is -0.497 e. The first-order valence-electron chi connectivity index (χ1n) is 10.5. The van der Waals surface area contributed by atoms with Gasteiger partial charge in [0.1, 0.15) is 11.5 Å². The van der Waals surface area contributed by atoms with E-state index in [9.17, 15) is 22.8 Å². The number of unbranched alkanes of at least 4 members (excludes halogenated alkanes) is 1. The molecule has 1 heterocycles. The average molecular weight is 462 g/mol. The van der Waals surface area contributed by atoms with Crippen molar-refractivity contribution in [1.29, 1.82) is 0 Å². The predicted octanol–water partition coefficient (Wildman–Crippen LogP) is 5.00. The Hall–Kier alpha value is -3.49. The maximum absolute atomic E-state index is 13.3. The third-order valence-electron chi connectivity index (χ3n) is 5.27. The largest absolute Gasteiger partial charge is 0.573 e. The van der Waals surface area contributed by atoms with Crippen LogP contribution in [-0.2, 0) is 11.2 Å². The van der Waals surface area contributed by atoms with Crippen LogP contribution >= 0.6 is 0 Å². The Balaban J connectivity index is 1.99. The molecule has 1 N–H and O–H groups in total. The standard InChI is InChI=1S/C24H25F3N2O4/c1-4-5-12-28-22(30)14-19-15(2)29(21-11-10-18(32-3)13-20(19)21)23(31)16-6-8-17(9-7-16)33-24(25,26)27/h6-11,13H,4-5,12,14H2,1-3H3,(H,28,30). The summed E-state index contributed by atoms with van der Waals surface area (Å²) in [6.07, 6.45) is -2.91. The van der Waals surface area contributed by atoms with Crippen LogP contribution in [0.2, 0.25) is 0 Å². The zero-order valence-electron chi connectivity index (χ0n) is 18.6. The number of benzene rings is 2. The molecule has 1 amide bonds. The number of nitrogens with one attached hydrogen (secondary N) is 1. The molecule has 0 saturated carbocycles. The van der Waals surface area contributed by atoms with Gasteiger partial charge in [-0.05, 0) is 61.4 Å². The van der Waals surface area contributed by atoms with E-state index in [0.29, 0.717) is 34.5 Å². The lowest BCUT2D eigenvalue weighted by molar-refractivity contribution is -0.274. The zero-order valence-corrected chi connectivity index (χ0v) is 18.6. The summed E-state index contributed by atoms with van der Waals surface area (Å²) >= 11 is 0. The van der Waals surface area contributed by atoms with Crippen LogP contribution in [0.5, 0.6) is 11.5 Å². The number of hydrogen-bond donors (Lipinski definition) is 1. The maximum Gasteiger partial charge on any atom is 0.573 e. The lowest BCUT2D eigenvalue weighted by atomic mass is 10.1. The number of alkyl halides is 3. The number of rotatable bonds is 8. The first-order chi connectivity index (χ1) is 15.6. The van der Waals surface area contributed by atoms with E-state index < -0.39 is 18.0 Å². The number of carbonyl (C=O) groups is 2. The predicted molar refractivity (Wildman–Crippen MR) is 118 cm³/mol. The number of aromatic nitrogens is 1. The van der Waals surface area contributed by atoms with Crippen LogP contribution in [0.15, 0.2) is 42.5 Å². The van der Waals surface area contributed by atoms with Crippen molar-refractivity contribution in [3.63, 3.8) is 0 Å². The van der Waals surface area contributed by atoms with Crippen LogP contribution in [0.4, 0.5) is 13.2 Å².